The van der Waals surface area contributed by atoms with Crippen LogP contribution in [0.15, 0.2) is 24.3 Å². The summed E-state index contributed by atoms with van der Waals surface area (Å²) in [5, 5.41) is 7.44. The summed E-state index contributed by atoms with van der Waals surface area (Å²) in [6, 6.07) is 8.04. The third-order valence-electron chi connectivity index (χ3n) is 4.92. The van der Waals surface area contributed by atoms with Crippen molar-refractivity contribution >= 4 is 17.3 Å². The van der Waals surface area contributed by atoms with Crippen molar-refractivity contribution in [2.24, 2.45) is 0 Å². The predicted octanol–water partition coefficient (Wildman–Crippen LogP) is 2.92. The van der Waals surface area contributed by atoms with Crippen LogP contribution in [-0.4, -0.2) is 43.3 Å². The van der Waals surface area contributed by atoms with Crippen LogP contribution in [0.5, 0.6) is 5.75 Å². The van der Waals surface area contributed by atoms with Gasteiger partial charge in [0.25, 0.3) is 0 Å². The normalized spacial score (nSPS) is 16.9. The molecule has 0 amide bonds. The average molecular weight is 336 g/mol. The highest BCUT2D eigenvalue weighted by Crippen LogP contribution is 2.31. The molecule has 1 aromatic carbocycles. The quantitative estimate of drug-likeness (QED) is 0.782. The minimum Gasteiger partial charge on any atom is -0.497 e. The van der Waals surface area contributed by atoms with Gasteiger partial charge in [-0.1, -0.05) is 31.4 Å². The zero-order valence-electron chi connectivity index (χ0n) is 14.5. The second kappa shape index (κ2) is 8.50. The van der Waals surface area contributed by atoms with E-state index in [1.54, 1.807) is 7.11 Å². The predicted molar refractivity (Wildman–Crippen MR) is 99.9 cm³/mol. The van der Waals surface area contributed by atoms with Gasteiger partial charge in [-0.25, -0.2) is 0 Å². The Labute approximate surface area is 145 Å². The SMILES string of the molecule is COc1ccc(CNC(=S)NCC2(N(C)C)CCCCC2)cc1. The lowest BCUT2D eigenvalue weighted by atomic mass is 9.80. The molecule has 1 aliphatic carbocycles. The largest absolute Gasteiger partial charge is 0.497 e. The fraction of sp³-hybridized carbons (Fsp3) is 0.611. The number of methoxy groups -OCH3 is 1. The second-order valence-electron chi connectivity index (χ2n) is 6.56. The molecule has 2 N–H and O–H groups in total. The third kappa shape index (κ3) is 5.08. The molecule has 0 unspecified atom stereocenters. The number of ether oxygens (including phenoxy) is 1. The van der Waals surface area contributed by atoms with Gasteiger partial charge in [-0.2, -0.15) is 0 Å². The van der Waals surface area contributed by atoms with Crippen LogP contribution in [0.2, 0.25) is 0 Å². The molecule has 0 aromatic heterocycles. The molecular weight excluding hydrogens is 306 g/mol. The first kappa shape index (κ1) is 18.0. The van der Waals surface area contributed by atoms with Gasteiger partial charge in [0.1, 0.15) is 5.75 Å². The molecule has 0 heterocycles. The average Bonchev–Trinajstić information content (AvgIpc) is 2.59. The van der Waals surface area contributed by atoms with Gasteiger partial charge >= 0.3 is 0 Å². The van der Waals surface area contributed by atoms with Gasteiger partial charge < -0.3 is 20.3 Å². The zero-order valence-corrected chi connectivity index (χ0v) is 15.3. The number of nitrogens with one attached hydrogen (secondary N) is 2. The first-order chi connectivity index (χ1) is 11.1. The van der Waals surface area contributed by atoms with Crippen LogP contribution in [0.25, 0.3) is 0 Å². The third-order valence-corrected chi connectivity index (χ3v) is 5.21. The molecule has 1 fully saturated rings. The van der Waals surface area contributed by atoms with Gasteiger partial charge in [-0.3, -0.25) is 0 Å². The van der Waals surface area contributed by atoms with Crippen LogP contribution in [0.4, 0.5) is 0 Å². The Morgan fingerprint density at radius 2 is 1.78 bits per heavy atom. The standard InChI is InChI=1S/C18H29N3OS/c1-21(2)18(11-5-4-6-12-18)14-20-17(23)19-13-15-7-9-16(22-3)10-8-15/h7-10H,4-6,11-14H2,1-3H3,(H2,19,20,23). The van der Waals surface area contributed by atoms with E-state index in [0.29, 0.717) is 0 Å². The monoisotopic (exact) mass is 335 g/mol. The molecule has 0 saturated heterocycles. The van der Waals surface area contributed by atoms with E-state index < -0.39 is 0 Å². The number of benzene rings is 1. The maximum absolute atomic E-state index is 5.44. The van der Waals surface area contributed by atoms with Crippen molar-refractivity contribution in [3.63, 3.8) is 0 Å². The fourth-order valence-corrected chi connectivity index (χ4v) is 3.37. The minimum absolute atomic E-state index is 0.240. The highest BCUT2D eigenvalue weighted by atomic mass is 32.1. The molecule has 0 bridgehead atoms. The van der Waals surface area contributed by atoms with Crippen LogP contribution in [-0.2, 0) is 6.54 Å². The van der Waals surface area contributed by atoms with Crippen LogP contribution >= 0.6 is 12.2 Å². The van der Waals surface area contributed by atoms with Crippen molar-refractivity contribution in [1.82, 2.24) is 15.5 Å². The van der Waals surface area contributed by atoms with Crippen LogP contribution in [0.3, 0.4) is 0 Å². The Kier molecular flexibility index (Phi) is 6.66. The van der Waals surface area contributed by atoms with Crippen molar-refractivity contribution in [2.75, 3.05) is 27.7 Å². The molecule has 0 spiro atoms. The van der Waals surface area contributed by atoms with E-state index in [2.05, 4.69) is 41.8 Å². The lowest BCUT2D eigenvalue weighted by molar-refractivity contribution is 0.104. The van der Waals surface area contributed by atoms with E-state index in [0.717, 1.165) is 24.0 Å². The smallest absolute Gasteiger partial charge is 0.166 e. The highest BCUT2D eigenvalue weighted by molar-refractivity contribution is 7.80. The molecule has 0 radical (unpaired) electrons. The van der Waals surface area contributed by atoms with Crippen molar-refractivity contribution in [1.29, 1.82) is 0 Å². The molecular formula is C18H29N3OS. The van der Waals surface area contributed by atoms with Gasteiger partial charge in [-0.15, -0.1) is 0 Å². The Morgan fingerprint density at radius 1 is 1.13 bits per heavy atom. The molecule has 5 heteroatoms. The number of rotatable bonds is 6. The molecule has 0 atom stereocenters. The lowest BCUT2D eigenvalue weighted by Crippen LogP contribution is -2.55. The summed E-state index contributed by atoms with van der Waals surface area (Å²) < 4.78 is 5.17. The van der Waals surface area contributed by atoms with Crippen LogP contribution in [0.1, 0.15) is 37.7 Å². The van der Waals surface area contributed by atoms with Gasteiger partial charge in [0.15, 0.2) is 5.11 Å². The van der Waals surface area contributed by atoms with Crippen LogP contribution < -0.4 is 15.4 Å². The fourth-order valence-electron chi connectivity index (χ4n) is 3.23. The molecule has 128 valence electrons. The van der Waals surface area contributed by atoms with Gasteiger partial charge in [0.05, 0.1) is 7.11 Å². The van der Waals surface area contributed by atoms with E-state index in [4.69, 9.17) is 17.0 Å². The second-order valence-corrected chi connectivity index (χ2v) is 6.97. The number of hydrogen-bond donors (Lipinski definition) is 2. The first-order valence-corrected chi connectivity index (χ1v) is 8.79. The summed E-state index contributed by atoms with van der Waals surface area (Å²) in [5.74, 6) is 0.875. The minimum atomic E-state index is 0.240. The molecule has 2 rings (SSSR count). The van der Waals surface area contributed by atoms with Gasteiger partial charge in [-0.05, 0) is 56.9 Å². The number of likely N-dealkylation sites (N-methyl/N-ethyl adjacent to an activating group) is 1. The Bertz CT molecular complexity index is 495. The highest BCUT2D eigenvalue weighted by Gasteiger charge is 2.33. The van der Waals surface area contributed by atoms with Crippen LogP contribution in [0, 0.1) is 0 Å². The number of thiocarbonyl (C=S) groups is 1. The molecule has 1 saturated carbocycles. The summed E-state index contributed by atoms with van der Waals surface area (Å²) in [5.41, 5.74) is 1.43. The molecule has 1 aliphatic rings. The van der Waals surface area contributed by atoms with E-state index in [9.17, 15) is 0 Å². The van der Waals surface area contributed by atoms with Crippen molar-refractivity contribution in [3.05, 3.63) is 29.8 Å². The van der Waals surface area contributed by atoms with E-state index >= 15 is 0 Å². The van der Waals surface area contributed by atoms with Crippen molar-refractivity contribution in [3.8, 4) is 5.75 Å². The van der Waals surface area contributed by atoms with E-state index in [-0.39, 0.29) is 5.54 Å². The van der Waals surface area contributed by atoms with E-state index in [1.807, 2.05) is 12.1 Å². The van der Waals surface area contributed by atoms with Gasteiger partial charge in [0.2, 0.25) is 0 Å². The molecule has 0 aliphatic heterocycles. The number of nitrogens with zero attached hydrogens (tertiary/aromatic N) is 1. The maximum atomic E-state index is 5.44. The van der Waals surface area contributed by atoms with E-state index in [1.165, 1.54) is 37.7 Å². The Hall–Kier alpha value is -1.33. The topological polar surface area (TPSA) is 36.5 Å². The summed E-state index contributed by atoms with van der Waals surface area (Å²) in [6.45, 7) is 1.64. The van der Waals surface area contributed by atoms with Crippen molar-refractivity contribution < 1.29 is 4.74 Å². The van der Waals surface area contributed by atoms with Crippen molar-refractivity contribution in [2.45, 2.75) is 44.2 Å². The zero-order chi connectivity index (χ0) is 16.7. The molecule has 1 aromatic rings. The lowest BCUT2D eigenvalue weighted by Gasteiger charge is -2.43. The van der Waals surface area contributed by atoms with Gasteiger partial charge in [0, 0.05) is 18.6 Å². The molecule has 4 nitrogen and oxygen atoms in total. The molecule has 23 heavy (non-hydrogen) atoms. The summed E-state index contributed by atoms with van der Waals surface area (Å²) >= 11 is 5.44. The summed E-state index contributed by atoms with van der Waals surface area (Å²) in [7, 11) is 6.04. The summed E-state index contributed by atoms with van der Waals surface area (Å²) in [6.07, 6.45) is 6.47. The Balaban J connectivity index is 1.79. The summed E-state index contributed by atoms with van der Waals surface area (Å²) in [4.78, 5) is 2.37. The first-order valence-electron chi connectivity index (χ1n) is 8.38. The Morgan fingerprint density at radius 3 is 2.35 bits per heavy atom. The maximum Gasteiger partial charge on any atom is 0.166 e. The number of hydrogen-bond acceptors (Lipinski definition) is 3.